The highest BCUT2D eigenvalue weighted by atomic mass is 32.1. The molecule has 0 aliphatic heterocycles. The van der Waals surface area contributed by atoms with Gasteiger partial charge in [-0.25, -0.2) is 4.98 Å². The lowest BCUT2D eigenvalue weighted by Crippen LogP contribution is -2.36. The Morgan fingerprint density at radius 1 is 1.40 bits per heavy atom. The van der Waals surface area contributed by atoms with Gasteiger partial charge in [0.25, 0.3) is 0 Å². The van der Waals surface area contributed by atoms with Crippen molar-refractivity contribution in [2.45, 2.75) is 64.5 Å². The number of aromatic nitrogens is 1. The summed E-state index contributed by atoms with van der Waals surface area (Å²) in [4.78, 5) is 16.9. The van der Waals surface area contributed by atoms with E-state index in [2.05, 4.69) is 31.1 Å². The van der Waals surface area contributed by atoms with Gasteiger partial charge in [0.15, 0.2) is 0 Å². The van der Waals surface area contributed by atoms with Crippen molar-refractivity contribution >= 4 is 17.2 Å². The summed E-state index contributed by atoms with van der Waals surface area (Å²) in [6, 6.07) is 0.505. The Kier molecular flexibility index (Phi) is 4.81. The molecule has 1 heterocycles. The number of carbonyl (C=O) groups is 1. The van der Waals surface area contributed by atoms with Crippen molar-refractivity contribution in [2.75, 3.05) is 0 Å². The quantitative estimate of drug-likeness (QED) is 0.897. The maximum absolute atomic E-state index is 11.1. The van der Waals surface area contributed by atoms with Gasteiger partial charge >= 0.3 is 0 Å². The van der Waals surface area contributed by atoms with Gasteiger partial charge < -0.3 is 11.1 Å². The van der Waals surface area contributed by atoms with Crippen LogP contribution in [0.5, 0.6) is 0 Å². The van der Waals surface area contributed by atoms with Crippen LogP contribution >= 0.6 is 11.3 Å². The highest BCUT2D eigenvalue weighted by Gasteiger charge is 2.24. The molecule has 4 nitrogen and oxygen atoms in total. The van der Waals surface area contributed by atoms with Gasteiger partial charge in [0, 0.05) is 35.0 Å². The van der Waals surface area contributed by atoms with Crippen LogP contribution in [0.1, 0.15) is 56.3 Å². The fraction of sp³-hybridized carbons (Fsp3) is 0.733. The smallest absolute Gasteiger partial charge is 0.220 e. The van der Waals surface area contributed by atoms with Crippen LogP contribution in [-0.2, 0) is 16.8 Å². The van der Waals surface area contributed by atoms with E-state index in [0.717, 1.165) is 32.2 Å². The molecule has 0 aromatic carbocycles. The second kappa shape index (κ2) is 6.22. The van der Waals surface area contributed by atoms with E-state index < -0.39 is 0 Å². The fourth-order valence-electron chi connectivity index (χ4n) is 2.56. The van der Waals surface area contributed by atoms with Gasteiger partial charge in [-0.1, -0.05) is 20.8 Å². The summed E-state index contributed by atoms with van der Waals surface area (Å²) in [6.45, 7) is 7.44. The summed E-state index contributed by atoms with van der Waals surface area (Å²) < 4.78 is 0. The molecule has 1 aromatic heterocycles. The molecule has 1 aliphatic carbocycles. The Labute approximate surface area is 125 Å². The summed E-state index contributed by atoms with van der Waals surface area (Å²) in [5.74, 6) is -0.0512. The molecular formula is C15H25N3OS. The van der Waals surface area contributed by atoms with Crippen LogP contribution in [0.4, 0.5) is 0 Å². The highest BCUT2D eigenvalue weighted by Crippen LogP contribution is 2.28. The van der Waals surface area contributed by atoms with E-state index in [9.17, 15) is 4.79 Å². The molecule has 5 heteroatoms. The maximum Gasteiger partial charge on any atom is 0.220 e. The van der Waals surface area contributed by atoms with Gasteiger partial charge in [0.05, 0.1) is 5.01 Å². The lowest BCUT2D eigenvalue weighted by molar-refractivity contribution is -0.122. The van der Waals surface area contributed by atoms with Gasteiger partial charge in [-0.15, -0.1) is 11.3 Å². The zero-order valence-electron chi connectivity index (χ0n) is 12.6. The normalized spacial score (nSPS) is 23.8. The molecule has 3 N–H and O–H groups in total. The van der Waals surface area contributed by atoms with E-state index in [-0.39, 0.29) is 17.2 Å². The number of thiazole rings is 1. The molecule has 0 bridgehead atoms. The molecular weight excluding hydrogens is 270 g/mol. The lowest BCUT2D eigenvalue weighted by atomic mass is 9.85. The number of nitrogens with zero attached hydrogens (tertiary/aromatic N) is 1. The summed E-state index contributed by atoms with van der Waals surface area (Å²) in [7, 11) is 0. The third-order valence-corrected chi connectivity index (χ3v) is 5.31. The third kappa shape index (κ3) is 4.03. The molecule has 2 rings (SSSR count). The van der Waals surface area contributed by atoms with E-state index in [1.54, 1.807) is 11.3 Å². The Morgan fingerprint density at radius 2 is 2.05 bits per heavy atom. The minimum absolute atomic E-state index is 0.0870. The molecule has 0 atom stereocenters. The van der Waals surface area contributed by atoms with Gasteiger partial charge in [0.2, 0.25) is 5.91 Å². The minimum Gasteiger partial charge on any atom is -0.369 e. The first-order chi connectivity index (χ1) is 9.36. The van der Waals surface area contributed by atoms with E-state index in [4.69, 9.17) is 5.73 Å². The van der Waals surface area contributed by atoms with Crippen molar-refractivity contribution in [3.8, 4) is 0 Å². The van der Waals surface area contributed by atoms with Gasteiger partial charge in [-0.2, -0.15) is 0 Å². The number of hydrogen-bond donors (Lipinski definition) is 2. The van der Waals surface area contributed by atoms with Crippen molar-refractivity contribution in [2.24, 2.45) is 11.7 Å². The molecule has 1 amide bonds. The van der Waals surface area contributed by atoms with Crippen LogP contribution in [0.2, 0.25) is 0 Å². The van der Waals surface area contributed by atoms with Crippen LogP contribution in [0, 0.1) is 5.92 Å². The number of primary amides is 1. The summed E-state index contributed by atoms with van der Waals surface area (Å²) in [5, 5.41) is 4.77. The van der Waals surface area contributed by atoms with Crippen LogP contribution in [0.25, 0.3) is 0 Å². The van der Waals surface area contributed by atoms with Gasteiger partial charge in [0.1, 0.15) is 0 Å². The van der Waals surface area contributed by atoms with E-state index in [1.807, 2.05) is 6.20 Å². The second-order valence-corrected chi connectivity index (χ2v) is 7.83. The Hall–Kier alpha value is -0.940. The van der Waals surface area contributed by atoms with Crippen LogP contribution in [0.3, 0.4) is 0 Å². The standard InChI is InChI=1S/C15H25N3OS/c1-15(2,3)14-18-9-12(20-14)8-17-11-6-4-10(5-7-11)13(16)19/h9-11,17H,4-8H2,1-3H3,(H2,16,19). The van der Waals surface area contributed by atoms with Crippen molar-refractivity contribution in [3.05, 3.63) is 16.1 Å². The average molecular weight is 295 g/mol. The van der Waals surface area contributed by atoms with Crippen LogP contribution < -0.4 is 11.1 Å². The SMILES string of the molecule is CC(C)(C)c1ncc(CNC2CCC(C(N)=O)CC2)s1. The lowest BCUT2D eigenvalue weighted by Gasteiger charge is -2.27. The summed E-state index contributed by atoms with van der Waals surface area (Å²) in [5.41, 5.74) is 5.48. The molecule has 1 aliphatic rings. The first-order valence-corrected chi connectivity index (χ1v) is 8.16. The van der Waals surface area contributed by atoms with E-state index >= 15 is 0 Å². The molecule has 0 spiro atoms. The first kappa shape index (κ1) is 15.4. The Bertz CT molecular complexity index is 456. The average Bonchev–Trinajstić information content (AvgIpc) is 2.85. The molecule has 1 fully saturated rings. The number of carbonyl (C=O) groups excluding carboxylic acids is 1. The van der Waals surface area contributed by atoms with Crippen molar-refractivity contribution in [1.29, 1.82) is 0 Å². The fourth-order valence-corrected chi connectivity index (χ4v) is 3.48. The number of amides is 1. The predicted octanol–water partition coefficient (Wildman–Crippen LogP) is 2.57. The van der Waals surface area contributed by atoms with Crippen LogP contribution in [0.15, 0.2) is 6.20 Å². The maximum atomic E-state index is 11.1. The highest BCUT2D eigenvalue weighted by molar-refractivity contribution is 7.11. The molecule has 0 unspecified atom stereocenters. The molecule has 1 aromatic rings. The van der Waals surface area contributed by atoms with Crippen molar-refractivity contribution < 1.29 is 4.79 Å². The number of nitrogens with one attached hydrogen (secondary N) is 1. The molecule has 1 saturated carbocycles. The molecule has 0 saturated heterocycles. The predicted molar refractivity (Wildman–Crippen MR) is 82.6 cm³/mol. The monoisotopic (exact) mass is 295 g/mol. The van der Waals surface area contributed by atoms with E-state index in [1.165, 1.54) is 9.88 Å². The minimum atomic E-state index is -0.138. The summed E-state index contributed by atoms with van der Waals surface area (Å²) in [6.07, 6.45) is 5.90. The number of hydrogen-bond acceptors (Lipinski definition) is 4. The van der Waals surface area contributed by atoms with Crippen LogP contribution in [-0.4, -0.2) is 16.9 Å². The Balaban J connectivity index is 1.79. The van der Waals surface area contributed by atoms with Crippen molar-refractivity contribution in [3.63, 3.8) is 0 Å². The number of rotatable bonds is 4. The zero-order valence-corrected chi connectivity index (χ0v) is 13.4. The van der Waals surface area contributed by atoms with E-state index in [0.29, 0.717) is 6.04 Å². The molecule has 20 heavy (non-hydrogen) atoms. The topological polar surface area (TPSA) is 68.0 Å². The largest absolute Gasteiger partial charge is 0.369 e. The van der Waals surface area contributed by atoms with Gasteiger partial charge in [-0.05, 0) is 25.7 Å². The number of nitrogens with two attached hydrogens (primary N) is 1. The third-order valence-electron chi connectivity index (χ3n) is 3.89. The summed E-state index contributed by atoms with van der Waals surface area (Å²) >= 11 is 1.79. The van der Waals surface area contributed by atoms with Gasteiger partial charge in [-0.3, -0.25) is 4.79 Å². The first-order valence-electron chi connectivity index (χ1n) is 7.34. The van der Waals surface area contributed by atoms with Crippen molar-refractivity contribution in [1.82, 2.24) is 10.3 Å². The second-order valence-electron chi connectivity index (χ2n) is 6.71. The Morgan fingerprint density at radius 3 is 2.55 bits per heavy atom. The zero-order chi connectivity index (χ0) is 14.8. The molecule has 112 valence electrons. The molecule has 0 radical (unpaired) electrons.